The number of nitrogens with zero attached hydrogens (tertiary/aromatic N) is 1. The standard InChI is InChI=1S/C21H13FN2O3S/c22-16-5-2-1-4-13(16)21(25)26-12-7-8-14-17(10-12)27-20(24)15(11-23)19(14)18-6-3-9-28-18/h1-10,19H,24H2. The number of thiophene rings is 1. The van der Waals surface area contributed by atoms with E-state index in [-0.39, 0.29) is 23.1 Å². The van der Waals surface area contributed by atoms with Crippen molar-refractivity contribution in [3.8, 4) is 17.6 Å². The van der Waals surface area contributed by atoms with Crippen LogP contribution in [0.3, 0.4) is 0 Å². The van der Waals surface area contributed by atoms with Gasteiger partial charge in [-0.05, 0) is 29.6 Å². The van der Waals surface area contributed by atoms with Gasteiger partial charge in [-0.25, -0.2) is 9.18 Å². The highest BCUT2D eigenvalue weighted by Gasteiger charge is 2.31. The minimum absolute atomic E-state index is 0.00554. The van der Waals surface area contributed by atoms with Crippen LogP contribution in [0.4, 0.5) is 4.39 Å². The van der Waals surface area contributed by atoms with E-state index in [0.717, 1.165) is 10.4 Å². The van der Waals surface area contributed by atoms with Crippen LogP contribution in [0.1, 0.15) is 26.7 Å². The second kappa shape index (κ2) is 7.18. The first kappa shape index (κ1) is 17.8. The Morgan fingerprint density at radius 3 is 2.75 bits per heavy atom. The molecule has 138 valence electrons. The van der Waals surface area contributed by atoms with Crippen molar-refractivity contribution < 1.29 is 18.7 Å². The topological polar surface area (TPSA) is 85.3 Å². The summed E-state index contributed by atoms with van der Waals surface area (Å²) in [7, 11) is 0. The van der Waals surface area contributed by atoms with E-state index in [4.69, 9.17) is 15.2 Å². The Hall–Kier alpha value is -3.63. The molecule has 4 rings (SSSR count). The predicted octanol–water partition coefficient (Wildman–Crippen LogP) is 4.32. The molecule has 7 heteroatoms. The first-order chi connectivity index (χ1) is 13.6. The van der Waals surface area contributed by atoms with Crippen LogP contribution < -0.4 is 15.2 Å². The van der Waals surface area contributed by atoms with Gasteiger partial charge in [0.25, 0.3) is 0 Å². The first-order valence-corrected chi connectivity index (χ1v) is 9.18. The maximum Gasteiger partial charge on any atom is 0.346 e. The van der Waals surface area contributed by atoms with Gasteiger partial charge in [0.2, 0.25) is 5.88 Å². The van der Waals surface area contributed by atoms with Crippen molar-refractivity contribution in [3.63, 3.8) is 0 Å². The Kier molecular flexibility index (Phi) is 4.55. The Morgan fingerprint density at radius 2 is 2.04 bits per heavy atom. The molecule has 28 heavy (non-hydrogen) atoms. The summed E-state index contributed by atoms with van der Waals surface area (Å²) >= 11 is 1.50. The number of nitrogens with two attached hydrogens (primary N) is 1. The van der Waals surface area contributed by atoms with E-state index < -0.39 is 11.8 Å². The smallest absolute Gasteiger partial charge is 0.346 e. The molecule has 1 atom stereocenters. The molecular formula is C21H13FN2O3S. The Morgan fingerprint density at radius 1 is 1.21 bits per heavy atom. The molecule has 1 aromatic heterocycles. The second-order valence-corrected chi connectivity index (χ2v) is 6.99. The summed E-state index contributed by atoms with van der Waals surface area (Å²) < 4.78 is 24.7. The van der Waals surface area contributed by atoms with E-state index in [1.807, 2.05) is 17.5 Å². The number of benzene rings is 2. The molecule has 0 fully saturated rings. The van der Waals surface area contributed by atoms with Crippen LogP contribution in [0.2, 0.25) is 0 Å². The minimum Gasteiger partial charge on any atom is -0.440 e. The minimum atomic E-state index is -0.815. The fourth-order valence-corrected chi connectivity index (χ4v) is 3.89. The van der Waals surface area contributed by atoms with Crippen LogP contribution in [0.5, 0.6) is 11.5 Å². The highest BCUT2D eigenvalue weighted by molar-refractivity contribution is 7.10. The van der Waals surface area contributed by atoms with E-state index in [9.17, 15) is 14.4 Å². The number of esters is 1. The molecule has 0 amide bonds. The lowest BCUT2D eigenvalue weighted by molar-refractivity contribution is 0.0729. The zero-order chi connectivity index (χ0) is 19.7. The maximum absolute atomic E-state index is 13.8. The summed E-state index contributed by atoms with van der Waals surface area (Å²) in [4.78, 5) is 13.2. The van der Waals surface area contributed by atoms with Crippen molar-refractivity contribution in [3.05, 3.63) is 93.3 Å². The van der Waals surface area contributed by atoms with Crippen LogP contribution in [-0.4, -0.2) is 5.97 Å². The van der Waals surface area contributed by atoms with Gasteiger partial charge in [0.05, 0.1) is 11.5 Å². The van der Waals surface area contributed by atoms with Gasteiger partial charge >= 0.3 is 5.97 Å². The van der Waals surface area contributed by atoms with Crippen molar-refractivity contribution in [2.45, 2.75) is 5.92 Å². The molecule has 1 aliphatic heterocycles. The molecule has 0 aliphatic carbocycles. The molecule has 3 aromatic rings. The number of carbonyl (C=O) groups excluding carboxylic acids is 1. The number of hydrogen-bond donors (Lipinski definition) is 1. The highest BCUT2D eigenvalue weighted by atomic mass is 32.1. The third-order valence-electron chi connectivity index (χ3n) is 4.32. The van der Waals surface area contributed by atoms with Crippen molar-refractivity contribution in [1.29, 1.82) is 5.26 Å². The predicted molar refractivity (Wildman–Crippen MR) is 101 cm³/mol. The molecule has 1 aliphatic rings. The lowest BCUT2D eigenvalue weighted by Gasteiger charge is -2.25. The monoisotopic (exact) mass is 392 g/mol. The summed E-state index contributed by atoms with van der Waals surface area (Å²) in [5.74, 6) is -1.26. The van der Waals surface area contributed by atoms with Gasteiger partial charge in [-0.2, -0.15) is 5.26 Å². The average Bonchev–Trinajstić information content (AvgIpc) is 3.21. The van der Waals surface area contributed by atoms with Crippen molar-refractivity contribution in [2.75, 3.05) is 0 Å². The van der Waals surface area contributed by atoms with Crippen molar-refractivity contribution in [2.24, 2.45) is 5.73 Å². The molecule has 0 spiro atoms. The lowest BCUT2D eigenvalue weighted by Crippen LogP contribution is -2.20. The van der Waals surface area contributed by atoms with E-state index in [1.54, 1.807) is 18.2 Å². The molecule has 5 nitrogen and oxygen atoms in total. The number of allylic oxidation sites excluding steroid dienone is 1. The van der Waals surface area contributed by atoms with Crippen molar-refractivity contribution in [1.82, 2.24) is 0 Å². The molecule has 0 saturated carbocycles. The Bertz CT molecular complexity index is 1130. The molecular weight excluding hydrogens is 379 g/mol. The van der Waals surface area contributed by atoms with Gasteiger partial charge < -0.3 is 15.2 Å². The average molecular weight is 392 g/mol. The zero-order valence-electron chi connectivity index (χ0n) is 14.4. The fourth-order valence-electron chi connectivity index (χ4n) is 3.04. The van der Waals surface area contributed by atoms with Gasteiger partial charge in [-0.15, -0.1) is 11.3 Å². The number of halogens is 1. The zero-order valence-corrected chi connectivity index (χ0v) is 15.2. The second-order valence-electron chi connectivity index (χ2n) is 6.01. The number of fused-ring (bicyclic) bond motifs is 1. The van der Waals surface area contributed by atoms with Crippen LogP contribution in [-0.2, 0) is 0 Å². The van der Waals surface area contributed by atoms with Crippen LogP contribution in [0.15, 0.2) is 71.4 Å². The lowest BCUT2D eigenvalue weighted by atomic mass is 9.88. The van der Waals surface area contributed by atoms with Crippen LogP contribution >= 0.6 is 11.3 Å². The third kappa shape index (κ3) is 3.10. The molecule has 0 saturated heterocycles. The summed E-state index contributed by atoms with van der Waals surface area (Å²) in [6.07, 6.45) is 0. The van der Waals surface area contributed by atoms with E-state index in [2.05, 4.69) is 6.07 Å². The van der Waals surface area contributed by atoms with E-state index >= 15 is 0 Å². The molecule has 0 bridgehead atoms. The fraction of sp³-hybridized carbons (Fsp3) is 0.0476. The number of carbonyl (C=O) groups is 1. The van der Waals surface area contributed by atoms with Gasteiger partial charge in [-0.1, -0.05) is 24.3 Å². The van der Waals surface area contributed by atoms with E-state index in [1.165, 1.54) is 35.6 Å². The number of ether oxygens (including phenoxy) is 2. The van der Waals surface area contributed by atoms with Gasteiger partial charge in [-0.3, -0.25) is 0 Å². The quantitative estimate of drug-likeness (QED) is 0.530. The number of nitriles is 1. The van der Waals surface area contributed by atoms with Crippen molar-refractivity contribution >= 4 is 17.3 Å². The Balaban J connectivity index is 1.69. The maximum atomic E-state index is 13.8. The summed E-state index contributed by atoms with van der Waals surface area (Å²) in [6.45, 7) is 0. The van der Waals surface area contributed by atoms with Gasteiger partial charge in [0.15, 0.2) is 0 Å². The summed E-state index contributed by atoms with van der Waals surface area (Å²) in [6, 6.07) is 16.3. The Labute approximate surface area is 164 Å². The summed E-state index contributed by atoms with van der Waals surface area (Å²) in [5, 5.41) is 11.4. The van der Waals surface area contributed by atoms with E-state index in [0.29, 0.717) is 11.3 Å². The molecule has 2 N–H and O–H groups in total. The van der Waals surface area contributed by atoms with Gasteiger partial charge in [0.1, 0.15) is 29.0 Å². The SMILES string of the molecule is N#CC1=C(N)Oc2cc(OC(=O)c3ccccc3F)ccc2C1c1cccs1. The molecule has 1 unspecified atom stereocenters. The normalized spacial score (nSPS) is 15.4. The van der Waals surface area contributed by atoms with Crippen LogP contribution in [0.25, 0.3) is 0 Å². The molecule has 2 aromatic carbocycles. The van der Waals surface area contributed by atoms with Gasteiger partial charge in [0, 0.05) is 16.5 Å². The molecule has 0 radical (unpaired) electrons. The largest absolute Gasteiger partial charge is 0.440 e. The first-order valence-electron chi connectivity index (χ1n) is 8.30. The summed E-state index contributed by atoms with van der Waals surface area (Å²) in [5.41, 5.74) is 6.84. The highest BCUT2D eigenvalue weighted by Crippen LogP contribution is 2.44. The van der Waals surface area contributed by atoms with Crippen LogP contribution in [0, 0.1) is 17.1 Å². The third-order valence-corrected chi connectivity index (χ3v) is 5.26. The number of hydrogen-bond acceptors (Lipinski definition) is 6. The molecule has 2 heterocycles. The number of rotatable bonds is 3.